The predicted molar refractivity (Wildman–Crippen MR) is 118 cm³/mol. The van der Waals surface area contributed by atoms with E-state index in [-0.39, 0.29) is 5.91 Å². The van der Waals surface area contributed by atoms with E-state index in [9.17, 15) is 4.79 Å². The maximum atomic E-state index is 12.9. The Balaban J connectivity index is 1.48. The van der Waals surface area contributed by atoms with Crippen molar-refractivity contribution in [1.82, 2.24) is 24.9 Å². The van der Waals surface area contributed by atoms with Crippen LogP contribution in [-0.4, -0.2) is 39.1 Å². The number of carbonyl (C=O) groups excluding carboxylic acids is 1. The number of imidazole rings is 1. The van der Waals surface area contributed by atoms with Crippen molar-refractivity contribution in [3.05, 3.63) is 60.1 Å². The van der Waals surface area contributed by atoms with Crippen LogP contribution in [0.3, 0.4) is 0 Å². The summed E-state index contributed by atoms with van der Waals surface area (Å²) in [5, 5.41) is 14.0. The first-order valence-corrected chi connectivity index (χ1v) is 10.4. The van der Waals surface area contributed by atoms with Gasteiger partial charge in [0, 0.05) is 13.1 Å². The molecule has 0 radical (unpaired) electrons. The second kappa shape index (κ2) is 8.22. The van der Waals surface area contributed by atoms with E-state index in [0.29, 0.717) is 29.7 Å². The number of aryl methyl sites for hydroxylation is 1. The normalized spacial score (nSPS) is 13.8. The molecule has 0 saturated carbocycles. The van der Waals surface area contributed by atoms with E-state index in [1.54, 1.807) is 14.0 Å². The number of hydrogen-bond acceptors (Lipinski definition) is 8. The topological polar surface area (TPSA) is 119 Å². The Morgan fingerprint density at radius 2 is 2.16 bits per heavy atom. The summed E-state index contributed by atoms with van der Waals surface area (Å²) in [6.07, 6.45) is 6.49. The number of benzene rings is 1. The van der Waals surface area contributed by atoms with E-state index in [4.69, 9.17) is 9.15 Å². The summed E-state index contributed by atoms with van der Waals surface area (Å²) >= 11 is 0. The standard InChI is InChI=1S/C22H23N7O3/c1-13(22-24-8-10-32-22)26-21(30)17-12-25-20-16(23-2)11-18(28-29(17)20)27-15-7-3-5-14-6-4-9-31-19(14)15/h3,5,7-8,10-13,23H,4,6,9H2,1-2H3,(H,26,30)(H,27,28). The fourth-order valence-corrected chi connectivity index (χ4v) is 3.77. The number of carbonyl (C=O) groups is 1. The molecule has 10 heteroatoms. The Labute approximate surface area is 184 Å². The highest BCUT2D eigenvalue weighted by Gasteiger charge is 2.21. The minimum atomic E-state index is -0.402. The van der Waals surface area contributed by atoms with Crippen LogP contribution in [0.15, 0.2) is 47.3 Å². The second-order valence-electron chi connectivity index (χ2n) is 7.51. The number of nitrogens with one attached hydrogen (secondary N) is 3. The largest absolute Gasteiger partial charge is 0.491 e. The summed E-state index contributed by atoms with van der Waals surface area (Å²) in [6.45, 7) is 2.49. The van der Waals surface area contributed by atoms with Crippen LogP contribution in [-0.2, 0) is 6.42 Å². The average molecular weight is 433 g/mol. The van der Waals surface area contributed by atoms with Gasteiger partial charge in [0.15, 0.2) is 17.2 Å². The van der Waals surface area contributed by atoms with Gasteiger partial charge in [-0.05, 0) is 31.4 Å². The first-order valence-electron chi connectivity index (χ1n) is 10.4. The van der Waals surface area contributed by atoms with Crippen molar-refractivity contribution in [3.8, 4) is 5.75 Å². The molecule has 0 fully saturated rings. The van der Waals surface area contributed by atoms with Gasteiger partial charge >= 0.3 is 0 Å². The Hall–Kier alpha value is -4.08. The zero-order valence-corrected chi connectivity index (χ0v) is 17.8. The highest BCUT2D eigenvalue weighted by molar-refractivity contribution is 5.94. The summed E-state index contributed by atoms with van der Waals surface area (Å²) in [7, 11) is 1.80. The van der Waals surface area contributed by atoms with Gasteiger partial charge in [-0.15, -0.1) is 5.10 Å². The molecule has 1 amide bonds. The minimum Gasteiger partial charge on any atom is -0.491 e. The molecule has 0 bridgehead atoms. The molecule has 1 unspecified atom stereocenters. The third-order valence-electron chi connectivity index (χ3n) is 5.34. The van der Waals surface area contributed by atoms with Gasteiger partial charge < -0.3 is 25.1 Å². The lowest BCUT2D eigenvalue weighted by Gasteiger charge is -2.21. The predicted octanol–water partition coefficient (Wildman–Crippen LogP) is 3.32. The fraction of sp³-hybridized carbons (Fsp3) is 0.273. The molecule has 0 spiro atoms. The molecule has 0 aliphatic carbocycles. The third-order valence-corrected chi connectivity index (χ3v) is 5.34. The number of amides is 1. The molecule has 1 atom stereocenters. The minimum absolute atomic E-state index is 0.296. The number of ether oxygens (including phenoxy) is 1. The molecule has 3 N–H and O–H groups in total. The molecule has 1 aromatic carbocycles. The zero-order valence-electron chi connectivity index (χ0n) is 17.8. The third kappa shape index (κ3) is 3.59. The lowest BCUT2D eigenvalue weighted by molar-refractivity contribution is 0.0927. The summed E-state index contributed by atoms with van der Waals surface area (Å²) in [6, 6.07) is 7.47. The first-order chi connectivity index (χ1) is 15.6. The van der Waals surface area contributed by atoms with Gasteiger partial charge in [0.25, 0.3) is 5.91 Å². The Morgan fingerprint density at radius 3 is 2.97 bits per heavy atom. The molecule has 1 aliphatic rings. The highest BCUT2D eigenvalue weighted by atomic mass is 16.5. The van der Waals surface area contributed by atoms with E-state index in [1.807, 2.05) is 18.2 Å². The number of rotatable bonds is 6. The molecule has 4 aromatic rings. The maximum Gasteiger partial charge on any atom is 0.272 e. The first kappa shape index (κ1) is 19.9. The van der Waals surface area contributed by atoms with Gasteiger partial charge in [-0.2, -0.15) is 0 Å². The van der Waals surface area contributed by atoms with Gasteiger partial charge in [-0.3, -0.25) is 4.79 Å². The number of anilines is 3. The number of oxazole rings is 1. The van der Waals surface area contributed by atoms with Crippen molar-refractivity contribution >= 4 is 28.7 Å². The molecule has 0 saturated heterocycles. The van der Waals surface area contributed by atoms with Crippen LogP contribution in [0.25, 0.3) is 5.65 Å². The van der Waals surface area contributed by atoms with Crippen LogP contribution in [0.1, 0.15) is 41.3 Å². The van der Waals surface area contributed by atoms with E-state index in [2.05, 4.69) is 37.1 Å². The van der Waals surface area contributed by atoms with E-state index in [0.717, 1.165) is 30.0 Å². The number of hydrogen-bond donors (Lipinski definition) is 3. The van der Waals surface area contributed by atoms with Crippen LogP contribution in [0.5, 0.6) is 5.75 Å². The monoisotopic (exact) mass is 433 g/mol. The highest BCUT2D eigenvalue weighted by Crippen LogP contribution is 2.35. The Morgan fingerprint density at radius 1 is 1.25 bits per heavy atom. The van der Waals surface area contributed by atoms with Crippen LogP contribution in [0.4, 0.5) is 17.2 Å². The molecule has 164 valence electrons. The van der Waals surface area contributed by atoms with Crippen molar-refractivity contribution < 1.29 is 13.9 Å². The summed E-state index contributed by atoms with van der Waals surface area (Å²) in [5.74, 6) is 1.48. The number of para-hydroxylation sites is 1. The van der Waals surface area contributed by atoms with Crippen molar-refractivity contribution in [2.45, 2.75) is 25.8 Å². The Kier molecular flexibility index (Phi) is 5.10. The molecule has 3 aromatic heterocycles. The molecule has 32 heavy (non-hydrogen) atoms. The van der Waals surface area contributed by atoms with Crippen molar-refractivity contribution in [2.75, 3.05) is 24.3 Å². The SMILES string of the molecule is CNc1cc(Nc2cccc3c2OCCC3)nn2c(C(=O)NC(C)c3ncco3)cnc12. The quantitative estimate of drug-likeness (QED) is 0.424. The van der Waals surface area contributed by atoms with Crippen LogP contribution < -0.4 is 20.7 Å². The molecule has 4 heterocycles. The maximum absolute atomic E-state index is 12.9. The molecular weight excluding hydrogens is 410 g/mol. The number of aromatic nitrogens is 4. The van der Waals surface area contributed by atoms with Crippen LogP contribution in [0.2, 0.25) is 0 Å². The molecule has 10 nitrogen and oxygen atoms in total. The zero-order chi connectivity index (χ0) is 22.1. The van der Waals surface area contributed by atoms with Gasteiger partial charge in [0.05, 0.1) is 30.4 Å². The lowest BCUT2D eigenvalue weighted by Crippen LogP contribution is -2.28. The van der Waals surface area contributed by atoms with E-state index < -0.39 is 6.04 Å². The van der Waals surface area contributed by atoms with Crippen molar-refractivity contribution in [1.29, 1.82) is 0 Å². The van der Waals surface area contributed by atoms with Gasteiger partial charge in [-0.25, -0.2) is 14.5 Å². The fourth-order valence-electron chi connectivity index (χ4n) is 3.77. The van der Waals surface area contributed by atoms with Gasteiger partial charge in [-0.1, -0.05) is 12.1 Å². The lowest BCUT2D eigenvalue weighted by atomic mass is 10.1. The average Bonchev–Trinajstić information content (AvgIpc) is 3.49. The van der Waals surface area contributed by atoms with Crippen molar-refractivity contribution in [3.63, 3.8) is 0 Å². The number of fused-ring (bicyclic) bond motifs is 2. The summed E-state index contributed by atoms with van der Waals surface area (Å²) < 4.78 is 12.7. The summed E-state index contributed by atoms with van der Waals surface area (Å²) in [4.78, 5) is 21.4. The molecule has 5 rings (SSSR count). The smallest absolute Gasteiger partial charge is 0.272 e. The molecule has 1 aliphatic heterocycles. The van der Waals surface area contributed by atoms with Crippen LogP contribution >= 0.6 is 0 Å². The van der Waals surface area contributed by atoms with Crippen LogP contribution in [0, 0.1) is 0 Å². The van der Waals surface area contributed by atoms with E-state index >= 15 is 0 Å². The number of nitrogens with zero attached hydrogens (tertiary/aromatic N) is 4. The van der Waals surface area contributed by atoms with Gasteiger partial charge in [0.1, 0.15) is 18.1 Å². The Bertz CT molecular complexity index is 1270. The molecular formula is C22H23N7O3. The van der Waals surface area contributed by atoms with E-state index in [1.165, 1.54) is 28.7 Å². The summed E-state index contributed by atoms with van der Waals surface area (Å²) in [5.41, 5.74) is 3.57. The van der Waals surface area contributed by atoms with Crippen molar-refractivity contribution in [2.24, 2.45) is 0 Å². The van der Waals surface area contributed by atoms with Gasteiger partial charge in [0.2, 0.25) is 5.89 Å². The second-order valence-corrected chi connectivity index (χ2v) is 7.51.